The number of hydrogen-bond acceptors (Lipinski definition) is 5. The van der Waals surface area contributed by atoms with E-state index in [9.17, 15) is 0 Å². The summed E-state index contributed by atoms with van der Waals surface area (Å²) >= 11 is 0. The first kappa shape index (κ1) is 15.8. The largest absolute Gasteiger partial charge is 0.465 e. The topological polar surface area (TPSA) is 47.7 Å². The first-order chi connectivity index (χ1) is 11.8. The molecule has 0 amide bonds. The van der Waals surface area contributed by atoms with Crippen molar-refractivity contribution in [2.24, 2.45) is 0 Å². The first-order valence-corrected chi connectivity index (χ1v) is 8.71. The molecule has 4 heterocycles. The van der Waals surface area contributed by atoms with Crippen molar-refractivity contribution in [3.8, 4) is 0 Å². The van der Waals surface area contributed by atoms with Gasteiger partial charge in [-0.05, 0) is 43.5 Å². The Morgan fingerprint density at radius 1 is 1.33 bits per heavy atom. The molecule has 0 N–H and O–H groups in total. The van der Waals surface area contributed by atoms with E-state index in [1.807, 2.05) is 31.3 Å². The van der Waals surface area contributed by atoms with Gasteiger partial charge in [0.2, 0.25) is 0 Å². The van der Waals surface area contributed by atoms with Gasteiger partial charge in [-0.25, -0.2) is 0 Å². The summed E-state index contributed by atoms with van der Waals surface area (Å²) in [4.78, 5) is 6.60. The molecule has 2 aromatic rings. The molecule has 128 valence electrons. The number of hydrogen-bond donors (Lipinski definition) is 0. The van der Waals surface area contributed by atoms with Crippen LogP contribution in [0.2, 0.25) is 0 Å². The van der Waals surface area contributed by atoms with Gasteiger partial charge in [0.1, 0.15) is 17.6 Å². The van der Waals surface area contributed by atoms with Crippen molar-refractivity contribution >= 4 is 0 Å². The van der Waals surface area contributed by atoms with Gasteiger partial charge in [-0.1, -0.05) is 6.07 Å². The van der Waals surface area contributed by atoms with Gasteiger partial charge >= 0.3 is 0 Å². The molecule has 0 bridgehead atoms. The first-order valence-electron chi connectivity index (χ1n) is 8.71. The van der Waals surface area contributed by atoms with Gasteiger partial charge in [-0.15, -0.1) is 0 Å². The molecular formula is C19H24N2O3. The molecule has 0 saturated carbocycles. The van der Waals surface area contributed by atoms with Crippen LogP contribution in [0.25, 0.3) is 0 Å². The summed E-state index contributed by atoms with van der Waals surface area (Å²) in [5, 5.41) is 0. The van der Waals surface area contributed by atoms with Gasteiger partial charge in [0, 0.05) is 31.6 Å². The molecule has 4 rings (SSSR count). The maximum atomic E-state index is 6.19. The van der Waals surface area contributed by atoms with E-state index in [1.165, 1.54) is 0 Å². The monoisotopic (exact) mass is 328 g/mol. The van der Waals surface area contributed by atoms with E-state index in [0.717, 1.165) is 49.6 Å². The van der Waals surface area contributed by atoms with Crippen molar-refractivity contribution < 1.29 is 13.9 Å². The number of likely N-dealkylation sites (tertiary alicyclic amines) is 1. The Bertz CT molecular complexity index is 658. The fourth-order valence-electron chi connectivity index (χ4n) is 3.79. The number of pyridine rings is 1. The third-order valence-corrected chi connectivity index (χ3v) is 4.93. The Hall–Kier alpha value is -1.69. The van der Waals surface area contributed by atoms with Gasteiger partial charge < -0.3 is 13.9 Å². The molecule has 5 heteroatoms. The van der Waals surface area contributed by atoms with E-state index in [1.54, 1.807) is 6.20 Å². The fraction of sp³-hybridized carbons (Fsp3) is 0.526. The predicted molar refractivity (Wildman–Crippen MR) is 89.4 cm³/mol. The number of fused-ring (bicyclic) bond motifs is 1. The van der Waals surface area contributed by atoms with Crippen LogP contribution in [0, 0.1) is 6.92 Å². The van der Waals surface area contributed by atoms with E-state index >= 15 is 0 Å². The van der Waals surface area contributed by atoms with E-state index in [0.29, 0.717) is 12.6 Å². The summed E-state index contributed by atoms with van der Waals surface area (Å²) in [7, 11) is 0. The summed E-state index contributed by atoms with van der Waals surface area (Å²) in [6.07, 6.45) is 6.18. The number of rotatable bonds is 5. The summed E-state index contributed by atoms with van der Waals surface area (Å²) in [6, 6.07) is 8.50. The number of aromatic nitrogens is 1. The lowest BCUT2D eigenvalue weighted by Gasteiger charge is -2.32. The molecule has 2 fully saturated rings. The highest BCUT2D eigenvalue weighted by atomic mass is 16.5. The van der Waals surface area contributed by atoms with Crippen LogP contribution in [0.4, 0.5) is 0 Å². The molecule has 3 atom stereocenters. The highest BCUT2D eigenvalue weighted by molar-refractivity contribution is 5.09. The minimum atomic E-state index is 0.103. The molecule has 0 spiro atoms. The number of ether oxygens (including phenoxy) is 2. The van der Waals surface area contributed by atoms with Gasteiger partial charge in [-0.2, -0.15) is 0 Å². The molecule has 24 heavy (non-hydrogen) atoms. The summed E-state index contributed by atoms with van der Waals surface area (Å²) in [6.45, 7) is 5.11. The maximum absolute atomic E-state index is 6.19. The second-order valence-electron chi connectivity index (χ2n) is 6.70. The Kier molecular flexibility index (Phi) is 4.65. The van der Waals surface area contributed by atoms with Gasteiger partial charge in [-0.3, -0.25) is 9.88 Å². The fourth-order valence-corrected chi connectivity index (χ4v) is 3.79. The van der Waals surface area contributed by atoms with Gasteiger partial charge in [0.15, 0.2) is 0 Å². The molecule has 0 unspecified atom stereocenters. The Balaban J connectivity index is 1.42. The van der Waals surface area contributed by atoms with Crippen LogP contribution < -0.4 is 0 Å². The minimum absolute atomic E-state index is 0.103. The van der Waals surface area contributed by atoms with Crippen molar-refractivity contribution in [2.45, 2.75) is 51.2 Å². The lowest BCUT2D eigenvalue weighted by atomic mass is 10.0. The standard InChI is InChI=1S/C19H24N2O3/c1-14-6-7-16(24-14)11-21-12-18(19-17(21)5-3-9-22-19)23-13-15-4-2-8-20-10-15/h2,4,6-8,10,17-19H,3,5,9,11-13H2,1H3/t17-,18-,19+/m1/s1. The van der Waals surface area contributed by atoms with Crippen molar-refractivity contribution in [1.29, 1.82) is 0 Å². The third-order valence-electron chi connectivity index (χ3n) is 4.93. The molecule has 2 aromatic heterocycles. The lowest BCUT2D eigenvalue weighted by Crippen LogP contribution is -2.41. The zero-order chi connectivity index (χ0) is 16.4. The Morgan fingerprint density at radius 2 is 2.29 bits per heavy atom. The quantitative estimate of drug-likeness (QED) is 0.844. The SMILES string of the molecule is Cc1ccc(CN2C[C@@H](OCc3cccnc3)[C@H]3OCCC[C@H]32)o1. The van der Waals surface area contributed by atoms with Crippen LogP contribution in [-0.4, -0.2) is 41.3 Å². The van der Waals surface area contributed by atoms with E-state index in [-0.39, 0.29) is 12.2 Å². The van der Waals surface area contributed by atoms with Crippen molar-refractivity contribution in [2.75, 3.05) is 13.2 Å². The van der Waals surface area contributed by atoms with Crippen molar-refractivity contribution in [1.82, 2.24) is 9.88 Å². The molecular weight excluding hydrogens is 304 g/mol. The van der Waals surface area contributed by atoms with Crippen LogP contribution in [0.1, 0.15) is 29.9 Å². The van der Waals surface area contributed by atoms with Crippen molar-refractivity contribution in [3.05, 3.63) is 53.7 Å². The second-order valence-corrected chi connectivity index (χ2v) is 6.70. The Morgan fingerprint density at radius 3 is 3.08 bits per heavy atom. The number of aryl methyl sites for hydroxylation is 1. The van der Waals surface area contributed by atoms with Crippen LogP contribution in [0.15, 0.2) is 41.1 Å². The van der Waals surface area contributed by atoms with Crippen LogP contribution in [0.5, 0.6) is 0 Å². The van der Waals surface area contributed by atoms with Crippen LogP contribution >= 0.6 is 0 Å². The molecule has 5 nitrogen and oxygen atoms in total. The predicted octanol–water partition coefficient (Wildman–Crippen LogP) is 2.93. The van der Waals surface area contributed by atoms with E-state index in [4.69, 9.17) is 13.9 Å². The smallest absolute Gasteiger partial charge is 0.118 e. The molecule has 0 radical (unpaired) electrons. The van der Waals surface area contributed by atoms with Crippen molar-refractivity contribution in [3.63, 3.8) is 0 Å². The maximum Gasteiger partial charge on any atom is 0.118 e. The Labute approximate surface area is 142 Å². The average Bonchev–Trinajstić information content (AvgIpc) is 3.18. The molecule has 2 saturated heterocycles. The van der Waals surface area contributed by atoms with Crippen LogP contribution in [-0.2, 0) is 22.6 Å². The number of nitrogens with zero attached hydrogens (tertiary/aromatic N) is 2. The zero-order valence-corrected chi connectivity index (χ0v) is 14.1. The molecule has 2 aliphatic heterocycles. The summed E-state index contributed by atoms with van der Waals surface area (Å²) in [5.74, 6) is 1.98. The zero-order valence-electron chi connectivity index (χ0n) is 14.1. The van der Waals surface area contributed by atoms with E-state index in [2.05, 4.69) is 16.0 Å². The van der Waals surface area contributed by atoms with Gasteiger partial charge in [0.05, 0.1) is 19.3 Å². The normalized spacial score (nSPS) is 27.3. The molecule has 0 aliphatic carbocycles. The highest BCUT2D eigenvalue weighted by Gasteiger charge is 2.44. The number of furan rings is 1. The lowest BCUT2D eigenvalue weighted by molar-refractivity contribution is -0.0820. The molecule has 2 aliphatic rings. The van der Waals surface area contributed by atoms with E-state index < -0.39 is 0 Å². The highest BCUT2D eigenvalue weighted by Crippen LogP contribution is 2.32. The third kappa shape index (κ3) is 3.38. The summed E-state index contributed by atoms with van der Waals surface area (Å²) < 4.78 is 18.0. The second kappa shape index (κ2) is 7.05. The minimum Gasteiger partial charge on any atom is -0.465 e. The van der Waals surface area contributed by atoms with Crippen LogP contribution in [0.3, 0.4) is 0 Å². The summed E-state index contributed by atoms with van der Waals surface area (Å²) in [5.41, 5.74) is 1.10. The molecule has 0 aromatic carbocycles. The average molecular weight is 328 g/mol. The van der Waals surface area contributed by atoms with Gasteiger partial charge in [0.25, 0.3) is 0 Å².